The van der Waals surface area contributed by atoms with Crippen molar-refractivity contribution in [1.29, 1.82) is 0 Å². The third-order valence-electron chi connectivity index (χ3n) is 4.19. The van der Waals surface area contributed by atoms with E-state index < -0.39 is 17.7 Å². The monoisotopic (exact) mass is 356 g/mol. The molecule has 0 spiro atoms. The van der Waals surface area contributed by atoms with Crippen molar-refractivity contribution in [2.45, 2.75) is 6.42 Å². The molecule has 1 atom stereocenters. The highest BCUT2D eigenvalue weighted by Gasteiger charge is 2.36. The number of nitrogens with zero attached hydrogens (tertiary/aromatic N) is 1. The maximum atomic E-state index is 13.2. The molecule has 1 fully saturated rings. The van der Waals surface area contributed by atoms with Crippen LogP contribution in [0.4, 0.5) is 15.8 Å². The molecule has 26 heavy (non-hydrogen) atoms. The van der Waals surface area contributed by atoms with Crippen LogP contribution < -0.4 is 10.2 Å². The minimum atomic E-state index is -0.600. The molecule has 134 valence electrons. The zero-order valence-electron chi connectivity index (χ0n) is 14.1. The molecule has 2 aromatic rings. The molecule has 1 heterocycles. The summed E-state index contributed by atoms with van der Waals surface area (Å²) in [6, 6.07) is 12.1. The molecule has 0 saturated carbocycles. The van der Waals surface area contributed by atoms with E-state index in [4.69, 9.17) is 4.74 Å². The van der Waals surface area contributed by atoms with Gasteiger partial charge in [-0.2, -0.15) is 0 Å². The van der Waals surface area contributed by atoms with Crippen LogP contribution in [0.3, 0.4) is 0 Å². The van der Waals surface area contributed by atoms with Gasteiger partial charge in [0.15, 0.2) is 0 Å². The van der Waals surface area contributed by atoms with Crippen LogP contribution in [0.1, 0.15) is 16.8 Å². The summed E-state index contributed by atoms with van der Waals surface area (Å²) in [6.45, 7) is 0.133. The van der Waals surface area contributed by atoms with Crippen LogP contribution in [-0.2, 0) is 14.3 Å². The predicted molar refractivity (Wildman–Crippen MR) is 93.3 cm³/mol. The number of esters is 1. The van der Waals surface area contributed by atoms with Crippen LogP contribution in [0.25, 0.3) is 0 Å². The highest BCUT2D eigenvalue weighted by Crippen LogP contribution is 2.29. The average molecular weight is 356 g/mol. The minimum absolute atomic E-state index is 0.0106. The van der Waals surface area contributed by atoms with Crippen molar-refractivity contribution in [3.63, 3.8) is 0 Å². The van der Waals surface area contributed by atoms with Gasteiger partial charge in [0.2, 0.25) is 11.8 Å². The molecule has 0 aromatic heterocycles. The Morgan fingerprint density at radius 2 is 1.96 bits per heavy atom. The lowest BCUT2D eigenvalue weighted by molar-refractivity contribution is -0.122. The second kappa shape index (κ2) is 7.35. The Bertz CT molecular complexity index is 868. The van der Waals surface area contributed by atoms with Gasteiger partial charge in [-0.15, -0.1) is 0 Å². The number of benzene rings is 2. The number of carbonyl (C=O) groups excluding carboxylic acids is 3. The Labute approximate surface area is 149 Å². The van der Waals surface area contributed by atoms with Gasteiger partial charge >= 0.3 is 5.97 Å². The fourth-order valence-corrected chi connectivity index (χ4v) is 2.92. The van der Waals surface area contributed by atoms with E-state index in [1.807, 2.05) is 0 Å². The lowest BCUT2D eigenvalue weighted by atomic mass is 10.1. The highest BCUT2D eigenvalue weighted by atomic mass is 19.1. The molecular formula is C19H17FN2O4. The Hall–Kier alpha value is -3.22. The van der Waals surface area contributed by atoms with E-state index in [1.165, 1.54) is 30.2 Å². The summed E-state index contributed by atoms with van der Waals surface area (Å²) in [5, 5.41) is 2.62. The fraction of sp³-hybridized carbons (Fsp3) is 0.211. The first-order chi connectivity index (χ1) is 12.5. The number of amides is 2. The summed E-state index contributed by atoms with van der Waals surface area (Å²) >= 11 is 0. The summed E-state index contributed by atoms with van der Waals surface area (Å²) in [5.41, 5.74) is 0.996. The van der Waals surface area contributed by atoms with Gasteiger partial charge in [0.25, 0.3) is 0 Å². The van der Waals surface area contributed by atoms with Crippen LogP contribution in [0.2, 0.25) is 0 Å². The van der Waals surface area contributed by atoms with Gasteiger partial charge in [-0.05, 0) is 30.3 Å². The van der Waals surface area contributed by atoms with E-state index in [1.54, 1.807) is 30.3 Å². The molecule has 0 radical (unpaired) electrons. The SMILES string of the molecule is COC(=O)c1ccccc1N1CC(C(=O)Nc2cccc(F)c2)CC1=O. The van der Waals surface area contributed by atoms with Gasteiger partial charge in [0.1, 0.15) is 5.82 Å². The molecule has 0 aliphatic carbocycles. The van der Waals surface area contributed by atoms with Crippen molar-refractivity contribution in [3.05, 3.63) is 59.9 Å². The molecule has 0 bridgehead atoms. The van der Waals surface area contributed by atoms with Gasteiger partial charge < -0.3 is 15.0 Å². The lowest BCUT2D eigenvalue weighted by Gasteiger charge is -2.19. The molecule has 1 unspecified atom stereocenters. The predicted octanol–water partition coefficient (Wildman–Crippen LogP) is 2.60. The van der Waals surface area contributed by atoms with Gasteiger partial charge in [0, 0.05) is 18.7 Å². The Morgan fingerprint density at radius 3 is 2.69 bits per heavy atom. The van der Waals surface area contributed by atoms with Crippen molar-refractivity contribution < 1.29 is 23.5 Å². The van der Waals surface area contributed by atoms with E-state index >= 15 is 0 Å². The van der Waals surface area contributed by atoms with E-state index in [-0.39, 0.29) is 30.3 Å². The highest BCUT2D eigenvalue weighted by molar-refractivity contribution is 6.07. The zero-order chi connectivity index (χ0) is 18.7. The van der Waals surface area contributed by atoms with Crippen molar-refractivity contribution >= 4 is 29.2 Å². The zero-order valence-corrected chi connectivity index (χ0v) is 14.1. The lowest BCUT2D eigenvalue weighted by Crippen LogP contribution is -2.29. The van der Waals surface area contributed by atoms with Gasteiger partial charge in [-0.25, -0.2) is 9.18 Å². The fourth-order valence-electron chi connectivity index (χ4n) is 2.92. The van der Waals surface area contributed by atoms with Crippen molar-refractivity contribution in [2.24, 2.45) is 5.92 Å². The number of hydrogen-bond donors (Lipinski definition) is 1. The molecule has 1 aliphatic rings. The smallest absolute Gasteiger partial charge is 0.339 e. The third kappa shape index (κ3) is 3.56. The van der Waals surface area contributed by atoms with Crippen molar-refractivity contribution in [3.8, 4) is 0 Å². The van der Waals surface area contributed by atoms with E-state index in [0.717, 1.165) is 0 Å². The van der Waals surface area contributed by atoms with Crippen molar-refractivity contribution in [1.82, 2.24) is 0 Å². The second-order valence-corrected chi connectivity index (χ2v) is 5.91. The van der Waals surface area contributed by atoms with Gasteiger partial charge in [0.05, 0.1) is 24.3 Å². The molecule has 1 saturated heterocycles. The quantitative estimate of drug-likeness (QED) is 0.855. The maximum Gasteiger partial charge on any atom is 0.339 e. The largest absolute Gasteiger partial charge is 0.465 e. The number of methoxy groups -OCH3 is 1. The first-order valence-electron chi connectivity index (χ1n) is 8.03. The van der Waals surface area contributed by atoms with E-state index in [2.05, 4.69) is 5.32 Å². The molecular weight excluding hydrogens is 339 g/mol. The minimum Gasteiger partial charge on any atom is -0.465 e. The van der Waals surface area contributed by atoms with Gasteiger partial charge in [-0.3, -0.25) is 9.59 Å². The molecule has 6 nitrogen and oxygen atoms in total. The van der Waals surface area contributed by atoms with E-state index in [0.29, 0.717) is 11.4 Å². The number of rotatable bonds is 4. The first-order valence-corrected chi connectivity index (χ1v) is 8.03. The third-order valence-corrected chi connectivity index (χ3v) is 4.19. The molecule has 7 heteroatoms. The van der Waals surface area contributed by atoms with Crippen LogP contribution >= 0.6 is 0 Å². The molecule has 3 rings (SSSR count). The summed E-state index contributed by atoms with van der Waals surface area (Å²) < 4.78 is 18.0. The number of nitrogens with one attached hydrogen (secondary N) is 1. The number of ether oxygens (including phenoxy) is 1. The second-order valence-electron chi connectivity index (χ2n) is 5.91. The topological polar surface area (TPSA) is 75.7 Å². The maximum absolute atomic E-state index is 13.2. The number of hydrogen-bond acceptors (Lipinski definition) is 4. The Morgan fingerprint density at radius 1 is 1.19 bits per heavy atom. The van der Waals surface area contributed by atoms with Crippen LogP contribution in [0, 0.1) is 11.7 Å². The van der Waals surface area contributed by atoms with Crippen molar-refractivity contribution in [2.75, 3.05) is 23.9 Å². The Kier molecular flexibility index (Phi) is 4.97. The van der Waals surface area contributed by atoms with Crippen LogP contribution in [-0.4, -0.2) is 31.4 Å². The summed E-state index contributed by atoms with van der Waals surface area (Å²) in [7, 11) is 1.26. The van der Waals surface area contributed by atoms with Crippen LogP contribution in [0.15, 0.2) is 48.5 Å². The molecule has 2 aromatic carbocycles. The van der Waals surface area contributed by atoms with Crippen LogP contribution in [0.5, 0.6) is 0 Å². The molecule has 2 amide bonds. The number of anilines is 2. The first kappa shape index (κ1) is 17.6. The van der Waals surface area contributed by atoms with E-state index in [9.17, 15) is 18.8 Å². The number of carbonyl (C=O) groups is 3. The normalized spacial score (nSPS) is 16.5. The Balaban J connectivity index is 1.77. The summed E-state index contributed by atoms with van der Waals surface area (Å²) in [6.07, 6.45) is 0.0106. The summed E-state index contributed by atoms with van der Waals surface area (Å²) in [4.78, 5) is 38.1. The van der Waals surface area contributed by atoms with Gasteiger partial charge in [-0.1, -0.05) is 18.2 Å². The molecule has 1 aliphatic heterocycles. The molecule has 1 N–H and O–H groups in total. The number of halogens is 1. The average Bonchev–Trinajstić information content (AvgIpc) is 3.03. The summed E-state index contributed by atoms with van der Waals surface area (Å²) in [5.74, 6) is -2.25. The number of para-hydroxylation sites is 1. The standard InChI is InChI=1S/C19H17FN2O4/c1-26-19(25)15-7-2-3-8-16(15)22-11-12(9-17(22)23)18(24)21-14-6-4-5-13(20)10-14/h2-8,10,12H,9,11H2,1H3,(H,21,24).